The van der Waals surface area contributed by atoms with Crippen molar-refractivity contribution in [2.45, 2.75) is 18.9 Å². The maximum Gasteiger partial charge on any atom is 0.344 e. The zero-order valence-electron chi connectivity index (χ0n) is 15.9. The first-order valence-electron chi connectivity index (χ1n) is 9.31. The second kappa shape index (κ2) is 9.56. The standard InChI is InChI=1S/C21H23NO6S/c23-20(22-18-10-11-29(25,26)15-18)13-28-21(24)14-27-19-9-5-4-8-17(19)12-16-6-2-1-3-7-16/h1-9,18H,10-15H2,(H,22,23)/t18-/m0/s1. The first kappa shape index (κ1) is 20.9. The third-order valence-electron chi connectivity index (χ3n) is 4.52. The Morgan fingerprint density at radius 1 is 1.00 bits per heavy atom. The van der Waals surface area contributed by atoms with Gasteiger partial charge in [0.05, 0.1) is 11.5 Å². The second-order valence-electron chi connectivity index (χ2n) is 6.89. The molecule has 1 heterocycles. The van der Waals surface area contributed by atoms with Crippen LogP contribution in [-0.4, -0.2) is 51.1 Å². The van der Waals surface area contributed by atoms with E-state index in [0.717, 1.165) is 11.1 Å². The van der Waals surface area contributed by atoms with Gasteiger partial charge in [-0.1, -0.05) is 48.5 Å². The fraction of sp³-hybridized carbons (Fsp3) is 0.333. The number of rotatable bonds is 8. The number of amides is 1. The van der Waals surface area contributed by atoms with Gasteiger partial charge in [0.25, 0.3) is 5.91 Å². The number of hydrogen-bond donors (Lipinski definition) is 1. The lowest BCUT2D eigenvalue weighted by atomic mass is 10.0. The molecule has 1 saturated heterocycles. The van der Waals surface area contributed by atoms with Crippen molar-refractivity contribution in [2.75, 3.05) is 24.7 Å². The van der Waals surface area contributed by atoms with Gasteiger partial charge in [-0.05, 0) is 23.6 Å². The molecule has 154 valence electrons. The summed E-state index contributed by atoms with van der Waals surface area (Å²) in [6.45, 7) is -0.790. The lowest BCUT2D eigenvalue weighted by Gasteiger charge is -2.13. The van der Waals surface area contributed by atoms with Crippen molar-refractivity contribution in [3.63, 3.8) is 0 Å². The minimum atomic E-state index is -3.08. The first-order valence-corrected chi connectivity index (χ1v) is 11.1. The number of benzene rings is 2. The van der Waals surface area contributed by atoms with Crippen LogP contribution in [0.1, 0.15) is 17.5 Å². The van der Waals surface area contributed by atoms with Gasteiger partial charge in [-0.2, -0.15) is 0 Å². The van der Waals surface area contributed by atoms with E-state index in [1.807, 2.05) is 48.5 Å². The predicted octanol–water partition coefficient (Wildman–Crippen LogP) is 1.50. The van der Waals surface area contributed by atoms with Crippen molar-refractivity contribution in [1.82, 2.24) is 5.32 Å². The Labute approximate surface area is 169 Å². The minimum absolute atomic E-state index is 0.0635. The highest BCUT2D eigenvalue weighted by atomic mass is 32.2. The molecule has 1 aliphatic heterocycles. The number of carbonyl (C=O) groups is 2. The fourth-order valence-corrected chi connectivity index (χ4v) is 4.78. The van der Waals surface area contributed by atoms with E-state index < -0.39 is 34.4 Å². The first-order chi connectivity index (χ1) is 13.9. The van der Waals surface area contributed by atoms with Gasteiger partial charge < -0.3 is 14.8 Å². The topological polar surface area (TPSA) is 98.8 Å². The van der Waals surface area contributed by atoms with Crippen LogP contribution in [0.3, 0.4) is 0 Å². The summed E-state index contributed by atoms with van der Waals surface area (Å²) < 4.78 is 33.3. The molecule has 1 amide bonds. The van der Waals surface area contributed by atoms with Crippen LogP contribution >= 0.6 is 0 Å². The van der Waals surface area contributed by atoms with Crippen LogP contribution in [0.25, 0.3) is 0 Å². The van der Waals surface area contributed by atoms with Crippen molar-refractivity contribution in [2.24, 2.45) is 0 Å². The summed E-state index contributed by atoms with van der Waals surface area (Å²) in [6.07, 6.45) is 1.04. The van der Waals surface area contributed by atoms with E-state index in [2.05, 4.69) is 5.32 Å². The maximum absolute atomic E-state index is 11.9. The van der Waals surface area contributed by atoms with Crippen LogP contribution in [0.2, 0.25) is 0 Å². The molecule has 0 saturated carbocycles. The SMILES string of the molecule is O=C(COC(=O)COc1ccccc1Cc1ccccc1)N[C@H]1CCS(=O)(=O)C1. The van der Waals surface area contributed by atoms with Gasteiger partial charge in [-0.15, -0.1) is 0 Å². The normalized spacial score (nSPS) is 17.4. The van der Waals surface area contributed by atoms with Gasteiger partial charge in [0.2, 0.25) is 0 Å². The molecule has 29 heavy (non-hydrogen) atoms. The molecule has 0 bridgehead atoms. The van der Waals surface area contributed by atoms with Gasteiger partial charge in [0.1, 0.15) is 5.75 Å². The Bertz CT molecular complexity index is 958. The Hall–Kier alpha value is -2.87. The molecule has 0 aliphatic carbocycles. The van der Waals surface area contributed by atoms with Crippen LogP contribution in [0.5, 0.6) is 5.75 Å². The number of para-hydroxylation sites is 1. The van der Waals surface area contributed by atoms with E-state index in [1.54, 1.807) is 6.07 Å². The number of sulfone groups is 1. The fourth-order valence-electron chi connectivity index (χ4n) is 3.11. The molecule has 0 unspecified atom stereocenters. The molecule has 2 aromatic rings. The summed E-state index contributed by atoms with van der Waals surface area (Å²) in [5.74, 6) is -0.630. The van der Waals surface area contributed by atoms with E-state index in [0.29, 0.717) is 18.6 Å². The highest BCUT2D eigenvalue weighted by Crippen LogP contribution is 2.21. The molecule has 1 atom stereocenters. The minimum Gasteiger partial charge on any atom is -0.482 e. The largest absolute Gasteiger partial charge is 0.482 e. The zero-order chi connectivity index (χ0) is 20.7. The second-order valence-corrected chi connectivity index (χ2v) is 9.12. The highest BCUT2D eigenvalue weighted by Gasteiger charge is 2.29. The number of ether oxygens (including phenoxy) is 2. The van der Waals surface area contributed by atoms with Gasteiger partial charge in [-0.25, -0.2) is 13.2 Å². The number of esters is 1. The molecule has 7 nitrogen and oxygen atoms in total. The molecule has 0 radical (unpaired) electrons. The number of carbonyl (C=O) groups excluding carboxylic acids is 2. The molecule has 2 aromatic carbocycles. The monoisotopic (exact) mass is 417 g/mol. The molecule has 0 aromatic heterocycles. The smallest absolute Gasteiger partial charge is 0.344 e. The van der Waals surface area contributed by atoms with Crippen molar-refractivity contribution in [1.29, 1.82) is 0 Å². The Kier molecular flexibility index (Phi) is 6.87. The van der Waals surface area contributed by atoms with Crippen LogP contribution in [0.15, 0.2) is 54.6 Å². The van der Waals surface area contributed by atoms with E-state index in [-0.39, 0.29) is 18.1 Å². The number of hydrogen-bond acceptors (Lipinski definition) is 6. The lowest BCUT2D eigenvalue weighted by Crippen LogP contribution is -2.38. The Morgan fingerprint density at radius 2 is 1.72 bits per heavy atom. The summed E-state index contributed by atoms with van der Waals surface area (Å²) >= 11 is 0. The van der Waals surface area contributed by atoms with Gasteiger partial charge in [-0.3, -0.25) is 4.79 Å². The average Bonchev–Trinajstić information content (AvgIpc) is 3.04. The Balaban J connectivity index is 1.44. The van der Waals surface area contributed by atoms with Gasteiger partial charge in [0, 0.05) is 12.5 Å². The van der Waals surface area contributed by atoms with Crippen LogP contribution in [0, 0.1) is 0 Å². The summed E-state index contributed by atoms with van der Waals surface area (Å²) in [6, 6.07) is 16.9. The molecular weight excluding hydrogens is 394 g/mol. The molecular formula is C21H23NO6S. The van der Waals surface area contributed by atoms with Crippen LogP contribution < -0.4 is 10.1 Å². The van der Waals surface area contributed by atoms with Gasteiger partial charge >= 0.3 is 5.97 Å². The number of nitrogens with one attached hydrogen (secondary N) is 1. The van der Waals surface area contributed by atoms with E-state index >= 15 is 0 Å². The van der Waals surface area contributed by atoms with Crippen molar-refractivity contribution >= 4 is 21.7 Å². The van der Waals surface area contributed by atoms with Crippen LogP contribution in [-0.2, 0) is 30.6 Å². The van der Waals surface area contributed by atoms with E-state index in [1.165, 1.54) is 0 Å². The summed E-state index contributed by atoms with van der Waals surface area (Å²) in [4.78, 5) is 23.7. The van der Waals surface area contributed by atoms with E-state index in [4.69, 9.17) is 9.47 Å². The third kappa shape index (κ3) is 6.60. The lowest BCUT2D eigenvalue weighted by molar-refractivity contribution is -0.150. The van der Waals surface area contributed by atoms with Crippen molar-refractivity contribution < 1.29 is 27.5 Å². The maximum atomic E-state index is 11.9. The molecule has 0 spiro atoms. The summed E-state index contributed by atoms with van der Waals surface area (Å²) in [7, 11) is -3.08. The average molecular weight is 417 g/mol. The highest BCUT2D eigenvalue weighted by molar-refractivity contribution is 7.91. The molecule has 1 aliphatic rings. The molecule has 1 fully saturated rings. The third-order valence-corrected chi connectivity index (χ3v) is 6.29. The Morgan fingerprint density at radius 3 is 2.45 bits per heavy atom. The van der Waals surface area contributed by atoms with Gasteiger partial charge in [0.15, 0.2) is 23.1 Å². The zero-order valence-corrected chi connectivity index (χ0v) is 16.7. The summed E-state index contributed by atoms with van der Waals surface area (Å²) in [5, 5.41) is 2.56. The quantitative estimate of drug-likeness (QED) is 0.654. The van der Waals surface area contributed by atoms with Crippen molar-refractivity contribution in [3.8, 4) is 5.75 Å². The van der Waals surface area contributed by atoms with Crippen molar-refractivity contribution in [3.05, 3.63) is 65.7 Å². The summed E-state index contributed by atoms with van der Waals surface area (Å²) in [5.41, 5.74) is 2.06. The molecule has 1 N–H and O–H groups in total. The predicted molar refractivity (Wildman–Crippen MR) is 107 cm³/mol. The molecule has 8 heteroatoms. The molecule has 3 rings (SSSR count). The van der Waals surface area contributed by atoms with Crippen LogP contribution in [0.4, 0.5) is 0 Å². The van der Waals surface area contributed by atoms with E-state index in [9.17, 15) is 18.0 Å².